The maximum atomic E-state index is 13.4. The number of hydrogen-bond acceptors (Lipinski definition) is 6. The molecule has 2 amide bonds. The van der Waals surface area contributed by atoms with Crippen LogP contribution in [-0.2, 0) is 32.1 Å². The van der Waals surface area contributed by atoms with Crippen LogP contribution in [0.15, 0.2) is 48.5 Å². The van der Waals surface area contributed by atoms with E-state index >= 15 is 0 Å². The Morgan fingerprint density at radius 1 is 1.00 bits per heavy atom. The number of likely N-dealkylation sites (tertiary alicyclic amines) is 1. The van der Waals surface area contributed by atoms with Gasteiger partial charge >= 0.3 is 5.97 Å². The number of esters is 1. The van der Waals surface area contributed by atoms with Gasteiger partial charge in [-0.15, -0.1) is 0 Å². The molecule has 8 nitrogen and oxygen atoms in total. The largest absolute Gasteiger partial charge is 0.497 e. The Morgan fingerprint density at radius 3 is 2.27 bits per heavy atom. The summed E-state index contributed by atoms with van der Waals surface area (Å²) in [6, 6.07) is 15.2. The highest BCUT2D eigenvalue weighted by molar-refractivity contribution is 5.90. The van der Waals surface area contributed by atoms with E-state index in [1.807, 2.05) is 30.3 Å². The van der Waals surface area contributed by atoms with E-state index in [-0.39, 0.29) is 31.3 Å². The van der Waals surface area contributed by atoms with Crippen molar-refractivity contribution >= 4 is 17.8 Å². The summed E-state index contributed by atoms with van der Waals surface area (Å²) >= 11 is 0. The fourth-order valence-electron chi connectivity index (χ4n) is 3.93. The zero-order valence-corrected chi connectivity index (χ0v) is 19.3. The Bertz CT molecular complexity index is 956. The Balaban J connectivity index is 1.71. The second-order valence-electron chi connectivity index (χ2n) is 7.97. The van der Waals surface area contributed by atoms with Crippen molar-refractivity contribution in [1.82, 2.24) is 9.80 Å². The van der Waals surface area contributed by atoms with E-state index in [4.69, 9.17) is 14.2 Å². The lowest BCUT2D eigenvalue weighted by Gasteiger charge is -2.25. The minimum Gasteiger partial charge on any atom is -0.497 e. The average molecular weight is 455 g/mol. The van der Waals surface area contributed by atoms with Gasteiger partial charge < -0.3 is 24.0 Å². The normalized spacial score (nSPS) is 15.3. The minimum absolute atomic E-state index is 0.0506. The van der Waals surface area contributed by atoms with Gasteiger partial charge in [0.2, 0.25) is 11.8 Å². The molecule has 8 heteroatoms. The van der Waals surface area contributed by atoms with Crippen molar-refractivity contribution in [2.45, 2.75) is 19.4 Å². The van der Waals surface area contributed by atoms with Crippen LogP contribution in [0.5, 0.6) is 11.5 Å². The number of amides is 2. The SMILES string of the molecule is COC(=O)CN(Cc1cc(OC)cc(OC)c1)C(=O)C1CC(=O)N(CCc2ccccc2)C1. The number of methoxy groups -OCH3 is 3. The van der Waals surface area contributed by atoms with Gasteiger partial charge in [0, 0.05) is 32.1 Å². The summed E-state index contributed by atoms with van der Waals surface area (Å²) in [7, 11) is 4.37. The van der Waals surface area contributed by atoms with Gasteiger partial charge in [0.15, 0.2) is 0 Å². The first-order valence-corrected chi connectivity index (χ1v) is 10.8. The van der Waals surface area contributed by atoms with Gasteiger partial charge in [-0.05, 0) is 29.7 Å². The van der Waals surface area contributed by atoms with Crippen LogP contribution in [0.2, 0.25) is 0 Å². The molecule has 0 aromatic heterocycles. The Labute approximate surface area is 194 Å². The van der Waals surface area contributed by atoms with Crippen LogP contribution in [0.25, 0.3) is 0 Å². The Hall–Kier alpha value is -3.55. The summed E-state index contributed by atoms with van der Waals surface area (Å²) in [6.45, 7) is 0.847. The molecule has 0 bridgehead atoms. The monoisotopic (exact) mass is 454 g/mol. The molecule has 3 rings (SSSR count). The zero-order chi connectivity index (χ0) is 23.8. The van der Waals surface area contributed by atoms with E-state index in [0.29, 0.717) is 24.6 Å². The summed E-state index contributed by atoms with van der Waals surface area (Å²) in [6.07, 6.45) is 0.857. The topological polar surface area (TPSA) is 85.4 Å². The van der Waals surface area contributed by atoms with Crippen LogP contribution in [0.3, 0.4) is 0 Å². The fourth-order valence-corrected chi connectivity index (χ4v) is 3.93. The molecule has 0 N–H and O–H groups in total. The van der Waals surface area contributed by atoms with Gasteiger partial charge in [0.05, 0.1) is 27.2 Å². The zero-order valence-electron chi connectivity index (χ0n) is 19.3. The third kappa shape index (κ3) is 6.47. The van der Waals surface area contributed by atoms with E-state index in [2.05, 4.69) is 0 Å². The predicted molar refractivity (Wildman–Crippen MR) is 122 cm³/mol. The van der Waals surface area contributed by atoms with Crippen molar-refractivity contribution in [3.8, 4) is 11.5 Å². The quantitative estimate of drug-likeness (QED) is 0.512. The molecular weight excluding hydrogens is 424 g/mol. The van der Waals surface area contributed by atoms with Crippen LogP contribution in [0.1, 0.15) is 17.5 Å². The number of hydrogen-bond donors (Lipinski definition) is 0. The molecule has 1 heterocycles. The van der Waals surface area contributed by atoms with E-state index < -0.39 is 11.9 Å². The van der Waals surface area contributed by atoms with Crippen molar-refractivity contribution in [2.75, 3.05) is 41.0 Å². The van der Waals surface area contributed by atoms with E-state index in [1.54, 1.807) is 37.3 Å². The number of ether oxygens (including phenoxy) is 3. The number of carbonyl (C=O) groups is 3. The number of nitrogens with zero attached hydrogens (tertiary/aromatic N) is 2. The lowest BCUT2D eigenvalue weighted by atomic mass is 10.1. The van der Waals surface area contributed by atoms with Crippen molar-refractivity contribution in [2.24, 2.45) is 5.92 Å². The standard InChI is InChI=1S/C25H30N2O6/c1-31-21-11-19(12-22(14-21)32-2)15-27(17-24(29)33-3)25(30)20-13-23(28)26(16-20)10-9-18-7-5-4-6-8-18/h4-8,11-12,14,20H,9-10,13,15-17H2,1-3H3. The second kappa shape index (κ2) is 11.4. The molecule has 2 aromatic rings. The molecule has 1 unspecified atom stereocenters. The number of rotatable bonds is 10. The van der Waals surface area contributed by atoms with Crippen LogP contribution >= 0.6 is 0 Å². The van der Waals surface area contributed by atoms with E-state index in [0.717, 1.165) is 17.5 Å². The van der Waals surface area contributed by atoms with Crippen LogP contribution in [-0.4, -0.2) is 68.5 Å². The van der Waals surface area contributed by atoms with Crippen LogP contribution < -0.4 is 9.47 Å². The van der Waals surface area contributed by atoms with Crippen molar-refractivity contribution < 1.29 is 28.6 Å². The van der Waals surface area contributed by atoms with Gasteiger partial charge in [0.25, 0.3) is 0 Å². The highest BCUT2D eigenvalue weighted by Crippen LogP contribution is 2.26. The molecule has 0 saturated carbocycles. The maximum Gasteiger partial charge on any atom is 0.325 e. The summed E-state index contributed by atoms with van der Waals surface area (Å²) in [5, 5.41) is 0. The van der Waals surface area contributed by atoms with E-state index in [1.165, 1.54) is 12.0 Å². The average Bonchev–Trinajstić information content (AvgIpc) is 3.22. The lowest BCUT2D eigenvalue weighted by Crippen LogP contribution is -2.40. The van der Waals surface area contributed by atoms with Crippen molar-refractivity contribution in [1.29, 1.82) is 0 Å². The van der Waals surface area contributed by atoms with Gasteiger partial charge in [-0.1, -0.05) is 30.3 Å². The molecule has 1 saturated heterocycles. The maximum absolute atomic E-state index is 13.4. The van der Waals surface area contributed by atoms with Gasteiger partial charge in [0.1, 0.15) is 18.0 Å². The molecule has 1 aliphatic rings. The molecule has 1 fully saturated rings. The summed E-state index contributed by atoms with van der Waals surface area (Å²) in [5.41, 5.74) is 1.88. The van der Waals surface area contributed by atoms with Crippen LogP contribution in [0.4, 0.5) is 0 Å². The first-order chi connectivity index (χ1) is 15.9. The first-order valence-electron chi connectivity index (χ1n) is 10.8. The third-order valence-electron chi connectivity index (χ3n) is 5.72. The minimum atomic E-state index is -0.525. The summed E-state index contributed by atoms with van der Waals surface area (Å²) in [5.74, 6) is -0.173. The third-order valence-corrected chi connectivity index (χ3v) is 5.72. The highest BCUT2D eigenvalue weighted by Gasteiger charge is 2.37. The number of benzene rings is 2. The molecule has 0 radical (unpaired) electrons. The van der Waals surface area contributed by atoms with Gasteiger partial charge in [-0.2, -0.15) is 0 Å². The molecule has 176 valence electrons. The van der Waals surface area contributed by atoms with E-state index in [9.17, 15) is 14.4 Å². The molecule has 0 aliphatic carbocycles. The second-order valence-corrected chi connectivity index (χ2v) is 7.97. The first kappa shape index (κ1) is 24.1. The fraction of sp³-hybridized carbons (Fsp3) is 0.400. The van der Waals surface area contributed by atoms with Gasteiger partial charge in [-0.25, -0.2) is 0 Å². The van der Waals surface area contributed by atoms with Gasteiger partial charge in [-0.3, -0.25) is 14.4 Å². The summed E-state index contributed by atoms with van der Waals surface area (Å²) in [4.78, 5) is 41.1. The summed E-state index contributed by atoms with van der Waals surface area (Å²) < 4.78 is 15.4. The molecule has 2 aromatic carbocycles. The predicted octanol–water partition coefficient (Wildman–Crippen LogP) is 2.30. The Morgan fingerprint density at radius 2 is 1.67 bits per heavy atom. The van der Waals surface area contributed by atoms with Crippen LogP contribution in [0, 0.1) is 5.92 Å². The Kier molecular flexibility index (Phi) is 8.29. The molecule has 1 atom stereocenters. The lowest BCUT2D eigenvalue weighted by molar-refractivity contribution is -0.148. The van der Waals surface area contributed by atoms with Crippen molar-refractivity contribution in [3.63, 3.8) is 0 Å². The molecule has 0 spiro atoms. The smallest absolute Gasteiger partial charge is 0.325 e. The number of carbonyl (C=O) groups excluding carboxylic acids is 3. The molecule has 1 aliphatic heterocycles. The van der Waals surface area contributed by atoms with Crippen molar-refractivity contribution in [3.05, 3.63) is 59.7 Å². The molecule has 33 heavy (non-hydrogen) atoms. The highest BCUT2D eigenvalue weighted by atomic mass is 16.5. The molecular formula is C25H30N2O6.